The SMILES string of the molecule is COCC(=O)N[C@@H]1CN(CC2CCCCC2)CC[C@@H]1CO. The van der Waals surface area contributed by atoms with Crippen molar-refractivity contribution in [2.45, 2.75) is 44.6 Å². The number of ether oxygens (including phenoxy) is 1. The molecule has 0 spiro atoms. The lowest BCUT2D eigenvalue weighted by atomic mass is 9.87. The third kappa shape index (κ3) is 5.24. The van der Waals surface area contributed by atoms with Crippen molar-refractivity contribution in [1.82, 2.24) is 10.2 Å². The monoisotopic (exact) mass is 298 g/mol. The number of likely N-dealkylation sites (tertiary alicyclic amines) is 1. The molecule has 5 heteroatoms. The summed E-state index contributed by atoms with van der Waals surface area (Å²) in [6, 6.07) is 0.0509. The van der Waals surface area contributed by atoms with E-state index < -0.39 is 0 Å². The Balaban J connectivity index is 1.83. The van der Waals surface area contributed by atoms with Crippen LogP contribution in [0, 0.1) is 11.8 Å². The molecular formula is C16H30N2O3. The summed E-state index contributed by atoms with van der Waals surface area (Å²) >= 11 is 0. The van der Waals surface area contributed by atoms with E-state index in [4.69, 9.17) is 4.74 Å². The van der Waals surface area contributed by atoms with Gasteiger partial charge in [-0.15, -0.1) is 0 Å². The van der Waals surface area contributed by atoms with Crippen molar-refractivity contribution in [3.63, 3.8) is 0 Å². The lowest BCUT2D eigenvalue weighted by Crippen LogP contribution is -2.54. The van der Waals surface area contributed by atoms with Crippen LogP contribution in [-0.4, -0.2) is 61.9 Å². The minimum atomic E-state index is -0.0829. The van der Waals surface area contributed by atoms with Gasteiger partial charge in [-0.1, -0.05) is 19.3 Å². The molecule has 1 aliphatic heterocycles. The van der Waals surface area contributed by atoms with Gasteiger partial charge in [0.1, 0.15) is 6.61 Å². The van der Waals surface area contributed by atoms with Crippen LogP contribution in [0.25, 0.3) is 0 Å². The molecule has 21 heavy (non-hydrogen) atoms. The van der Waals surface area contributed by atoms with Gasteiger partial charge < -0.3 is 20.1 Å². The fraction of sp³-hybridized carbons (Fsp3) is 0.938. The van der Waals surface area contributed by atoms with Gasteiger partial charge in [0.25, 0.3) is 0 Å². The van der Waals surface area contributed by atoms with Crippen LogP contribution in [-0.2, 0) is 9.53 Å². The summed E-state index contributed by atoms with van der Waals surface area (Å²) in [7, 11) is 1.53. The van der Waals surface area contributed by atoms with Gasteiger partial charge in [0.2, 0.25) is 5.91 Å². The summed E-state index contributed by atoms with van der Waals surface area (Å²) in [6.07, 6.45) is 7.78. The van der Waals surface area contributed by atoms with Gasteiger partial charge in [0, 0.05) is 38.8 Å². The van der Waals surface area contributed by atoms with Crippen LogP contribution in [0.5, 0.6) is 0 Å². The minimum Gasteiger partial charge on any atom is -0.396 e. The molecule has 2 atom stereocenters. The van der Waals surface area contributed by atoms with Gasteiger partial charge in [-0.05, 0) is 31.7 Å². The third-order valence-electron chi connectivity index (χ3n) is 4.94. The van der Waals surface area contributed by atoms with Crippen molar-refractivity contribution in [2.24, 2.45) is 11.8 Å². The van der Waals surface area contributed by atoms with E-state index in [0.29, 0.717) is 0 Å². The molecular weight excluding hydrogens is 268 g/mol. The summed E-state index contributed by atoms with van der Waals surface area (Å²) in [4.78, 5) is 14.2. The molecule has 1 saturated carbocycles. The van der Waals surface area contributed by atoms with Gasteiger partial charge in [-0.3, -0.25) is 4.79 Å². The van der Waals surface area contributed by atoms with Crippen LogP contribution in [0.2, 0.25) is 0 Å². The first-order valence-electron chi connectivity index (χ1n) is 8.34. The molecule has 1 heterocycles. The number of nitrogens with zero attached hydrogens (tertiary/aromatic N) is 1. The third-order valence-corrected chi connectivity index (χ3v) is 4.94. The Bertz CT molecular complexity index is 319. The lowest BCUT2D eigenvalue weighted by molar-refractivity contribution is -0.126. The molecule has 5 nitrogen and oxygen atoms in total. The van der Waals surface area contributed by atoms with E-state index in [2.05, 4.69) is 10.2 Å². The number of hydrogen-bond donors (Lipinski definition) is 2. The molecule has 0 bridgehead atoms. The van der Waals surface area contributed by atoms with E-state index in [1.165, 1.54) is 39.2 Å². The summed E-state index contributed by atoms with van der Waals surface area (Å²) < 4.78 is 4.87. The number of piperidine rings is 1. The van der Waals surface area contributed by atoms with Gasteiger partial charge in [-0.2, -0.15) is 0 Å². The van der Waals surface area contributed by atoms with E-state index in [1.807, 2.05) is 0 Å². The number of carbonyl (C=O) groups is 1. The van der Waals surface area contributed by atoms with Gasteiger partial charge >= 0.3 is 0 Å². The number of aliphatic hydroxyl groups is 1. The first-order valence-corrected chi connectivity index (χ1v) is 8.34. The van der Waals surface area contributed by atoms with E-state index in [1.54, 1.807) is 0 Å². The largest absolute Gasteiger partial charge is 0.396 e. The average molecular weight is 298 g/mol. The highest BCUT2D eigenvalue weighted by molar-refractivity contribution is 5.77. The van der Waals surface area contributed by atoms with Crippen molar-refractivity contribution in [2.75, 3.05) is 40.0 Å². The van der Waals surface area contributed by atoms with Crippen LogP contribution in [0.3, 0.4) is 0 Å². The predicted molar refractivity (Wildman–Crippen MR) is 82.0 cm³/mol. The van der Waals surface area contributed by atoms with E-state index >= 15 is 0 Å². The Morgan fingerprint density at radius 2 is 2.05 bits per heavy atom. The first-order chi connectivity index (χ1) is 10.2. The second-order valence-electron chi connectivity index (χ2n) is 6.60. The zero-order valence-corrected chi connectivity index (χ0v) is 13.2. The number of carbonyl (C=O) groups excluding carboxylic acids is 1. The molecule has 0 aromatic carbocycles. The zero-order chi connectivity index (χ0) is 15.1. The van der Waals surface area contributed by atoms with Crippen LogP contribution in [0.4, 0.5) is 0 Å². The molecule has 2 aliphatic rings. The molecule has 0 unspecified atom stereocenters. The van der Waals surface area contributed by atoms with Gasteiger partial charge in [-0.25, -0.2) is 0 Å². The molecule has 2 fully saturated rings. The summed E-state index contributed by atoms with van der Waals surface area (Å²) in [5, 5.41) is 12.5. The summed E-state index contributed by atoms with van der Waals surface area (Å²) in [5.74, 6) is 0.911. The van der Waals surface area contributed by atoms with Crippen molar-refractivity contribution in [3.05, 3.63) is 0 Å². The number of nitrogens with one attached hydrogen (secondary N) is 1. The number of amides is 1. The number of hydrogen-bond acceptors (Lipinski definition) is 4. The van der Waals surface area contributed by atoms with Gasteiger partial charge in [0.15, 0.2) is 0 Å². The maximum atomic E-state index is 11.7. The number of aliphatic hydroxyl groups excluding tert-OH is 1. The fourth-order valence-corrected chi connectivity index (χ4v) is 3.73. The average Bonchev–Trinajstić information content (AvgIpc) is 2.49. The lowest BCUT2D eigenvalue weighted by Gasteiger charge is -2.40. The minimum absolute atomic E-state index is 0.0509. The molecule has 1 aliphatic carbocycles. The first kappa shape index (κ1) is 16.7. The van der Waals surface area contributed by atoms with Crippen LogP contribution < -0.4 is 5.32 Å². The smallest absolute Gasteiger partial charge is 0.246 e. The molecule has 2 N–H and O–H groups in total. The Morgan fingerprint density at radius 1 is 1.29 bits per heavy atom. The Labute approximate surface area is 128 Å². The van der Waals surface area contributed by atoms with Crippen LogP contribution >= 0.6 is 0 Å². The maximum Gasteiger partial charge on any atom is 0.246 e. The molecule has 0 radical (unpaired) electrons. The Hall–Kier alpha value is -0.650. The van der Waals surface area contributed by atoms with Gasteiger partial charge in [0.05, 0.1) is 0 Å². The summed E-state index contributed by atoms with van der Waals surface area (Å²) in [6.45, 7) is 3.29. The van der Waals surface area contributed by atoms with Crippen LogP contribution in [0.1, 0.15) is 38.5 Å². The topological polar surface area (TPSA) is 61.8 Å². The normalized spacial score (nSPS) is 28.5. The zero-order valence-electron chi connectivity index (χ0n) is 13.2. The number of methoxy groups -OCH3 is 1. The molecule has 0 aromatic rings. The van der Waals surface area contributed by atoms with Crippen molar-refractivity contribution in [1.29, 1.82) is 0 Å². The van der Waals surface area contributed by atoms with E-state index in [0.717, 1.165) is 32.0 Å². The highest BCUT2D eigenvalue weighted by Crippen LogP contribution is 2.26. The predicted octanol–water partition coefficient (Wildman–Crippen LogP) is 1.01. The molecule has 1 amide bonds. The van der Waals surface area contributed by atoms with Crippen molar-refractivity contribution >= 4 is 5.91 Å². The number of rotatable bonds is 6. The molecule has 122 valence electrons. The molecule has 0 aromatic heterocycles. The second-order valence-corrected chi connectivity index (χ2v) is 6.60. The van der Waals surface area contributed by atoms with Crippen LogP contribution in [0.15, 0.2) is 0 Å². The highest BCUT2D eigenvalue weighted by atomic mass is 16.5. The molecule has 2 rings (SSSR count). The summed E-state index contributed by atoms with van der Waals surface area (Å²) in [5.41, 5.74) is 0. The standard InChI is InChI=1S/C16H30N2O3/c1-21-12-16(20)17-15-10-18(8-7-14(15)11-19)9-13-5-3-2-4-6-13/h13-15,19H,2-12H2,1H3,(H,17,20)/t14-,15-/m1/s1. The Morgan fingerprint density at radius 3 is 2.71 bits per heavy atom. The fourth-order valence-electron chi connectivity index (χ4n) is 3.73. The second kappa shape index (κ2) is 8.71. The quantitative estimate of drug-likeness (QED) is 0.768. The maximum absolute atomic E-state index is 11.7. The van der Waals surface area contributed by atoms with E-state index in [-0.39, 0.29) is 31.1 Å². The Kier molecular flexibility index (Phi) is 6.93. The van der Waals surface area contributed by atoms with E-state index in [9.17, 15) is 9.90 Å². The van der Waals surface area contributed by atoms with Crippen molar-refractivity contribution < 1.29 is 14.6 Å². The highest BCUT2D eigenvalue weighted by Gasteiger charge is 2.31. The molecule has 1 saturated heterocycles. The van der Waals surface area contributed by atoms with Crippen molar-refractivity contribution in [3.8, 4) is 0 Å².